The molecule has 4 nitrogen and oxygen atoms in total. The lowest BCUT2D eigenvalue weighted by Crippen LogP contribution is -2.07. The quantitative estimate of drug-likeness (QED) is 0.927. The van der Waals surface area contributed by atoms with Gasteiger partial charge in [-0.15, -0.1) is 0 Å². The van der Waals surface area contributed by atoms with Crippen molar-refractivity contribution in [3.8, 4) is 11.8 Å². The summed E-state index contributed by atoms with van der Waals surface area (Å²) < 4.78 is 18.3. The predicted octanol–water partition coefficient (Wildman–Crippen LogP) is 3.27. The molecule has 0 saturated carbocycles. The zero-order valence-corrected chi connectivity index (χ0v) is 11.2. The van der Waals surface area contributed by atoms with Crippen molar-refractivity contribution in [2.45, 2.75) is 13.0 Å². The number of ether oxygens (including phenoxy) is 1. The van der Waals surface area contributed by atoms with Crippen molar-refractivity contribution < 1.29 is 9.13 Å². The Bertz CT molecular complexity index is 635. The second-order valence-corrected chi connectivity index (χ2v) is 4.30. The van der Waals surface area contributed by atoms with Crippen molar-refractivity contribution >= 4 is 5.69 Å². The van der Waals surface area contributed by atoms with E-state index in [4.69, 9.17) is 10.00 Å². The molecule has 1 atom stereocenters. The molecule has 1 unspecified atom stereocenters. The third kappa shape index (κ3) is 3.04. The van der Waals surface area contributed by atoms with Crippen molar-refractivity contribution in [1.82, 2.24) is 4.98 Å². The van der Waals surface area contributed by atoms with Crippen molar-refractivity contribution in [3.63, 3.8) is 0 Å². The molecule has 0 bridgehead atoms. The standard InChI is InChI=1S/C15H14FN3O/c1-10(11-3-6-14(16)15(7-11)20-2)19-13-5-4-12(8-17)18-9-13/h3-7,9-10,19H,1-2H3. The van der Waals surface area contributed by atoms with Gasteiger partial charge in [0.25, 0.3) is 0 Å². The summed E-state index contributed by atoms with van der Waals surface area (Å²) in [7, 11) is 1.44. The number of aromatic nitrogens is 1. The second-order valence-electron chi connectivity index (χ2n) is 4.30. The average Bonchev–Trinajstić information content (AvgIpc) is 2.48. The molecule has 102 valence electrons. The van der Waals surface area contributed by atoms with Gasteiger partial charge in [0.2, 0.25) is 0 Å². The number of benzene rings is 1. The lowest BCUT2D eigenvalue weighted by atomic mass is 10.1. The number of hydrogen-bond donors (Lipinski definition) is 1. The van der Waals surface area contributed by atoms with E-state index in [-0.39, 0.29) is 17.6 Å². The summed E-state index contributed by atoms with van der Waals surface area (Å²) in [5.41, 5.74) is 2.05. The zero-order chi connectivity index (χ0) is 14.5. The summed E-state index contributed by atoms with van der Waals surface area (Å²) >= 11 is 0. The number of pyridine rings is 1. The van der Waals surface area contributed by atoms with Crippen LogP contribution in [-0.2, 0) is 0 Å². The van der Waals surface area contributed by atoms with Crippen LogP contribution >= 0.6 is 0 Å². The van der Waals surface area contributed by atoms with E-state index in [1.165, 1.54) is 13.2 Å². The Balaban J connectivity index is 2.15. The SMILES string of the molecule is COc1cc(C(C)Nc2ccc(C#N)nc2)ccc1F. The van der Waals surface area contributed by atoms with Gasteiger partial charge in [0.1, 0.15) is 11.8 Å². The highest BCUT2D eigenvalue weighted by Crippen LogP contribution is 2.24. The predicted molar refractivity (Wildman–Crippen MR) is 73.9 cm³/mol. The number of rotatable bonds is 4. The summed E-state index contributed by atoms with van der Waals surface area (Å²) in [6.45, 7) is 1.95. The van der Waals surface area contributed by atoms with Crippen LogP contribution in [0.1, 0.15) is 24.2 Å². The van der Waals surface area contributed by atoms with E-state index in [2.05, 4.69) is 10.3 Å². The Morgan fingerprint density at radius 2 is 2.15 bits per heavy atom. The molecule has 0 saturated heterocycles. The molecule has 0 aliphatic heterocycles. The maximum Gasteiger partial charge on any atom is 0.165 e. The molecule has 2 aromatic rings. The van der Waals surface area contributed by atoms with Crippen LogP contribution < -0.4 is 10.1 Å². The van der Waals surface area contributed by atoms with Gasteiger partial charge < -0.3 is 10.1 Å². The van der Waals surface area contributed by atoms with Gasteiger partial charge in [-0.3, -0.25) is 0 Å². The van der Waals surface area contributed by atoms with Gasteiger partial charge in [-0.1, -0.05) is 6.07 Å². The smallest absolute Gasteiger partial charge is 0.165 e. The Morgan fingerprint density at radius 1 is 1.35 bits per heavy atom. The number of methoxy groups -OCH3 is 1. The van der Waals surface area contributed by atoms with Gasteiger partial charge in [0, 0.05) is 6.04 Å². The van der Waals surface area contributed by atoms with Crippen LogP contribution in [-0.4, -0.2) is 12.1 Å². The van der Waals surface area contributed by atoms with Crippen LogP contribution in [0, 0.1) is 17.1 Å². The highest BCUT2D eigenvalue weighted by atomic mass is 19.1. The topological polar surface area (TPSA) is 57.9 Å². The third-order valence-electron chi connectivity index (χ3n) is 2.94. The molecule has 1 N–H and O–H groups in total. The van der Waals surface area contributed by atoms with Crippen molar-refractivity contribution in [1.29, 1.82) is 5.26 Å². The molecular formula is C15H14FN3O. The normalized spacial score (nSPS) is 11.5. The number of halogens is 1. The first-order chi connectivity index (χ1) is 9.63. The van der Waals surface area contributed by atoms with E-state index in [0.717, 1.165) is 11.3 Å². The van der Waals surface area contributed by atoms with Crippen molar-refractivity contribution in [2.75, 3.05) is 12.4 Å². The molecule has 2 rings (SSSR count). The number of nitrogens with zero attached hydrogens (tertiary/aromatic N) is 2. The molecule has 0 aliphatic carbocycles. The average molecular weight is 271 g/mol. The van der Waals surface area contributed by atoms with Crippen LogP contribution in [0.15, 0.2) is 36.5 Å². The monoisotopic (exact) mass is 271 g/mol. The molecule has 0 radical (unpaired) electrons. The molecule has 0 fully saturated rings. The minimum atomic E-state index is -0.386. The third-order valence-corrected chi connectivity index (χ3v) is 2.94. The van der Waals surface area contributed by atoms with E-state index in [9.17, 15) is 4.39 Å². The minimum Gasteiger partial charge on any atom is -0.494 e. The Morgan fingerprint density at radius 3 is 2.75 bits per heavy atom. The summed E-state index contributed by atoms with van der Waals surface area (Å²) in [5.74, 6) is -0.169. The fourth-order valence-electron chi connectivity index (χ4n) is 1.82. The maximum atomic E-state index is 13.4. The Labute approximate surface area is 116 Å². The van der Waals surface area contributed by atoms with Gasteiger partial charge in [-0.2, -0.15) is 5.26 Å². The number of nitrogens with one attached hydrogen (secondary N) is 1. The summed E-state index contributed by atoms with van der Waals surface area (Å²) in [5, 5.41) is 11.9. The van der Waals surface area contributed by atoms with Gasteiger partial charge in [-0.05, 0) is 36.8 Å². The first-order valence-electron chi connectivity index (χ1n) is 6.10. The zero-order valence-electron chi connectivity index (χ0n) is 11.2. The molecule has 0 amide bonds. The fourth-order valence-corrected chi connectivity index (χ4v) is 1.82. The highest BCUT2D eigenvalue weighted by molar-refractivity contribution is 5.45. The summed E-state index contributed by atoms with van der Waals surface area (Å²) in [6, 6.07) is 10.1. The number of anilines is 1. The van der Waals surface area contributed by atoms with Gasteiger partial charge >= 0.3 is 0 Å². The van der Waals surface area contributed by atoms with Crippen molar-refractivity contribution in [3.05, 3.63) is 53.6 Å². The van der Waals surface area contributed by atoms with E-state index in [0.29, 0.717) is 5.69 Å². The van der Waals surface area contributed by atoms with Crippen LogP contribution in [0.25, 0.3) is 0 Å². The molecule has 0 aliphatic rings. The van der Waals surface area contributed by atoms with Crippen LogP contribution in [0.2, 0.25) is 0 Å². The summed E-state index contributed by atoms with van der Waals surface area (Å²) in [4.78, 5) is 3.98. The lowest BCUT2D eigenvalue weighted by molar-refractivity contribution is 0.385. The van der Waals surface area contributed by atoms with Crippen molar-refractivity contribution in [2.24, 2.45) is 0 Å². The van der Waals surface area contributed by atoms with Crippen LogP contribution in [0.4, 0.5) is 10.1 Å². The minimum absolute atomic E-state index is 0.0424. The molecule has 20 heavy (non-hydrogen) atoms. The Kier molecular flexibility index (Phi) is 4.16. The first-order valence-corrected chi connectivity index (χ1v) is 6.10. The van der Waals surface area contributed by atoms with E-state index >= 15 is 0 Å². The second kappa shape index (κ2) is 6.02. The van der Waals surface area contributed by atoms with E-state index < -0.39 is 0 Å². The largest absolute Gasteiger partial charge is 0.494 e. The molecule has 5 heteroatoms. The molecule has 1 aromatic carbocycles. The van der Waals surface area contributed by atoms with E-state index in [1.54, 1.807) is 30.5 Å². The Hall–Kier alpha value is -2.61. The number of hydrogen-bond acceptors (Lipinski definition) is 4. The van der Waals surface area contributed by atoms with Gasteiger partial charge in [-0.25, -0.2) is 9.37 Å². The fraction of sp³-hybridized carbons (Fsp3) is 0.200. The molecule has 0 spiro atoms. The maximum absolute atomic E-state index is 13.4. The number of nitriles is 1. The highest BCUT2D eigenvalue weighted by Gasteiger charge is 2.09. The lowest BCUT2D eigenvalue weighted by Gasteiger charge is -2.16. The van der Waals surface area contributed by atoms with Crippen LogP contribution in [0.5, 0.6) is 5.75 Å². The van der Waals surface area contributed by atoms with Gasteiger partial charge in [0.05, 0.1) is 19.0 Å². The van der Waals surface area contributed by atoms with E-state index in [1.807, 2.05) is 13.0 Å². The van der Waals surface area contributed by atoms with Crippen LogP contribution in [0.3, 0.4) is 0 Å². The molecule has 1 heterocycles. The molecule has 1 aromatic heterocycles. The van der Waals surface area contributed by atoms with Gasteiger partial charge in [0.15, 0.2) is 11.6 Å². The molecular weight excluding hydrogens is 257 g/mol. The first kappa shape index (κ1) is 13.8. The summed E-state index contributed by atoms with van der Waals surface area (Å²) in [6.07, 6.45) is 1.59.